The van der Waals surface area contributed by atoms with Gasteiger partial charge in [0.15, 0.2) is 0 Å². The van der Waals surface area contributed by atoms with Crippen molar-refractivity contribution in [3.05, 3.63) is 18.3 Å². The van der Waals surface area contributed by atoms with E-state index >= 15 is 0 Å². The third kappa shape index (κ3) is 3.71. The molecule has 1 amide bonds. The molecule has 0 saturated heterocycles. The van der Waals surface area contributed by atoms with Crippen molar-refractivity contribution in [1.82, 2.24) is 4.98 Å². The number of anilines is 1. The number of aliphatic hydroxyl groups is 1. The van der Waals surface area contributed by atoms with Crippen LogP contribution in [0.4, 0.5) is 5.69 Å². The molecule has 0 aliphatic heterocycles. The second-order valence-electron chi connectivity index (χ2n) is 4.06. The maximum atomic E-state index is 11.8. The standard InChI is InChI=1S/C12H18N2O3/c1-4-6-12(2,16)11(15)14-9-5-7-13-10(8-9)17-3/h5,7-8,16H,4,6H2,1-3H3,(H,13,14,15)/t12-/m0/s1. The van der Waals surface area contributed by atoms with Crippen LogP contribution in [0.1, 0.15) is 26.7 Å². The summed E-state index contributed by atoms with van der Waals surface area (Å²) in [5.41, 5.74) is -0.802. The van der Waals surface area contributed by atoms with E-state index in [0.717, 1.165) is 6.42 Å². The predicted octanol–water partition coefficient (Wildman–Crippen LogP) is 1.58. The van der Waals surface area contributed by atoms with Crippen molar-refractivity contribution in [2.45, 2.75) is 32.3 Å². The van der Waals surface area contributed by atoms with E-state index in [2.05, 4.69) is 10.3 Å². The normalized spacial score (nSPS) is 13.9. The van der Waals surface area contributed by atoms with Gasteiger partial charge in [-0.05, 0) is 19.4 Å². The Morgan fingerprint density at radius 2 is 2.35 bits per heavy atom. The Balaban J connectivity index is 2.73. The molecule has 5 heteroatoms. The maximum Gasteiger partial charge on any atom is 0.256 e. The molecule has 17 heavy (non-hydrogen) atoms. The van der Waals surface area contributed by atoms with Gasteiger partial charge in [-0.15, -0.1) is 0 Å². The van der Waals surface area contributed by atoms with Gasteiger partial charge in [-0.3, -0.25) is 4.79 Å². The SMILES string of the molecule is CCC[C@](C)(O)C(=O)Nc1ccnc(OC)c1. The quantitative estimate of drug-likeness (QED) is 0.817. The largest absolute Gasteiger partial charge is 0.481 e. The third-order valence-corrected chi connectivity index (χ3v) is 2.43. The number of ether oxygens (including phenoxy) is 1. The molecular formula is C12H18N2O3. The molecule has 94 valence electrons. The number of pyridine rings is 1. The fourth-order valence-corrected chi connectivity index (χ4v) is 1.46. The highest BCUT2D eigenvalue weighted by Gasteiger charge is 2.29. The van der Waals surface area contributed by atoms with Crippen molar-refractivity contribution >= 4 is 11.6 Å². The molecule has 1 aromatic rings. The Morgan fingerprint density at radius 3 is 2.94 bits per heavy atom. The van der Waals surface area contributed by atoms with Crippen molar-refractivity contribution in [1.29, 1.82) is 0 Å². The summed E-state index contributed by atoms with van der Waals surface area (Å²) in [4.78, 5) is 15.7. The molecule has 0 radical (unpaired) electrons. The topological polar surface area (TPSA) is 71.5 Å². The molecule has 5 nitrogen and oxygen atoms in total. The first-order chi connectivity index (χ1) is 7.99. The van der Waals surface area contributed by atoms with E-state index in [0.29, 0.717) is 18.0 Å². The molecule has 0 spiro atoms. The Kier molecular flexibility index (Phi) is 4.45. The molecular weight excluding hydrogens is 220 g/mol. The maximum absolute atomic E-state index is 11.8. The summed E-state index contributed by atoms with van der Waals surface area (Å²) >= 11 is 0. The fraction of sp³-hybridized carbons (Fsp3) is 0.500. The van der Waals surface area contributed by atoms with Crippen LogP contribution >= 0.6 is 0 Å². The lowest BCUT2D eigenvalue weighted by Gasteiger charge is -2.21. The first-order valence-electron chi connectivity index (χ1n) is 5.53. The first-order valence-corrected chi connectivity index (χ1v) is 5.53. The summed E-state index contributed by atoms with van der Waals surface area (Å²) in [6, 6.07) is 3.24. The van der Waals surface area contributed by atoms with Crippen molar-refractivity contribution < 1.29 is 14.6 Å². The lowest BCUT2D eigenvalue weighted by Crippen LogP contribution is -2.39. The van der Waals surface area contributed by atoms with Crippen LogP contribution in [0, 0.1) is 0 Å². The molecule has 0 bridgehead atoms. The molecule has 0 aliphatic carbocycles. The Bertz CT molecular complexity index is 391. The van der Waals surface area contributed by atoms with Crippen LogP contribution in [0.15, 0.2) is 18.3 Å². The molecule has 1 aromatic heterocycles. The predicted molar refractivity (Wildman–Crippen MR) is 65.0 cm³/mol. The van der Waals surface area contributed by atoms with Crippen molar-refractivity contribution in [3.8, 4) is 5.88 Å². The van der Waals surface area contributed by atoms with Gasteiger partial charge in [0.25, 0.3) is 5.91 Å². The van der Waals surface area contributed by atoms with Gasteiger partial charge in [-0.1, -0.05) is 13.3 Å². The number of hydrogen-bond acceptors (Lipinski definition) is 4. The zero-order valence-corrected chi connectivity index (χ0v) is 10.4. The minimum absolute atomic E-state index is 0.415. The van der Waals surface area contributed by atoms with Gasteiger partial charge in [-0.25, -0.2) is 4.98 Å². The molecule has 1 rings (SSSR count). The van der Waals surface area contributed by atoms with E-state index in [1.54, 1.807) is 12.1 Å². The Hall–Kier alpha value is -1.62. The fourth-order valence-electron chi connectivity index (χ4n) is 1.46. The van der Waals surface area contributed by atoms with E-state index in [-0.39, 0.29) is 0 Å². The highest BCUT2D eigenvalue weighted by molar-refractivity contribution is 5.96. The molecule has 0 unspecified atom stereocenters. The molecule has 2 N–H and O–H groups in total. The van der Waals surface area contributed by atoms with Crippen LogP contribution in [0.5, 0.6) is 5.88 Å². The van der Waals surface area contributed by atoms with E-state index in [4.69, 9.17) is 4.74 Å². The number of rotatable bonds is 5. The molecule has 0 aromatic carbocycles. The number of amides is 1. The summed E-state index contributed by atoms with van der Waals surface area (Å²) in [7, 11) is 1.50. The van der Waals surface area contributed by atoms with Crippen LogP contribution < -0.4 is 10.1 Å². The summed E-state index contributed by atoms with van der Waals surface area (Å²) in [6.45, 7) is 3.42. The second-order valence-corrected chi connectivity index (χ2v) is 4.06. The zero-order valence-electron chi connectivity index (χ0n) is 10.4. The van der Waals surface area contributed by atoms with Crippen molar-refractivity contribution in [2.24, 2.45) is 0 Å². The monoisotopic (exact) mass is 238 g/mol. The van der Waals surface area contributed by atoms with Gasteiger partial charge in [0.05, 0.1) is 7.11 Å². The summed E-state index contributed by atoms with van der Waals surface area (Å²) in [6.07, 6.45) is 2.68. The van der Waals surface area contributed by atoms with Crippen molar-refractivity contribution in [3.63, 3.8) is 0 Å². The van der Waals surface area contributed by atoms with Crippen LogP contribution in [-0.4, -0.2) is 28.7 Å². The van der Waals surface area contributed by atoms with Gasteiger partial charge in [0.1, 0.15) is 5.60 Å². The number of nitrogens with one attached hydrogen (secondary N) is 1. The number of methoxy groups -OCH3 is 1. The van der Waals surface area contributed by atoms with Gasteiger partial charge in [-0.2, -0.15) is 0 Å². The van der Waals surface area contributed by atoms with E-state index in [9.17, 15) is 9.90 Å². The Morgan fingerprint density at radius 1 is 1.65 bits per heavy atom. The lowest BCUT2D eigenvalue weighted by atomic mass is 10.00. The van der Waals surface area contributed by atoms with Crippen LogP contribution in [0.3, 0.4) is 0 Å². The van der Waals surface area contributed by atoms with E-state index in [1.807, 2.05) is 6.92 Å². The van der Waals surface area contributed by atoms with Crippen molar-refractivity contribution in [2.75, 3.05) is 12.4 Å². The minimum Gasteiger partial charge on any atom is -0.481 e. The van der Waals surface area contributed by atoms with E-state index < -0.39 is 11.5 Å². The number of hydrogen-bond donors (Lipinski definition) is 2. The number of carbonyl (C=O) groups excluding carboxylic acids is 1. The second kappa shape index (κ2) is 5.63. The number of carbonyl (C=O) groups is 1. The van der Waals surface area contributed by atoms with Crippen LogP contribution in [0.25, 0.3) is 0 Å². The Labute approximate surface area is 101 Å². The molecule has 0 aliphatic rings. The van der Waals surface area contributed by atoms with E-state index in [1.165, 1.54) is 20.2 Å². The van der Waals surface area contributed by atoms with Crippen LogP contribution in [0.2, 0.25) is 0 Å². The molecule has 0 saturated carbocycles. The molecule has 1 heterocycles. The number of nitrogens with zero attached hydrogens (tertiary/aromatic N) is 1. The highest BCUT2D eigenvalue weighted by atomic mass is 16.5. The zero-order chi connectivity index (χ0) is 12.9. The van der Waals surface area contributed by atoms with Gasteiger partial charge < -0.3 is 15.2 Å². The highest BCUT2D eigenvalue weighted by Crippen LogP contribution is 2.18. The average molecular weight is 238 g/mol. The summed E-state index contributed by atoms with van der Waals surface area (Å²) < 4.78 is 4.94. The number of aromatic nitrogens is 1. The summed E-state index contributed by atoms with van der Waals surface area (Å²) in [5, 5.41) is 12.5. The van der Waals surface area contributed by atoms with Gasteiger partial charge >= 0.3 is 0 Å². The molecule has 1 atom stereocenters. The summed E-state index contributed by atoms with van der Waals surface area (Å²) in [5.74, 6) is -0.00876. The smallest absolute Gasteiger partial charge is 0.256 e. The molecule has 0 fully saturated rings. The minimum atomic E-state index is -1.36. The van der Waals surface area contributed by atoms with Gasteiger partial charge in [0.2, 0.25) is 5.88 Å². The average Bonchev–Trinajstić information content (AvgIpc) is 2.29. The van der Waals surface area contributed by atoms with Crippen LogP contribution in [-0.2, 0) is 4.79 Å². The van der Waals surface area contributed by atoms with Gasteiger partial charge in [0, 0.05) is 18.0 Å². The third-order valence-electron chi connectivity index (χ3n) is 2.43. The first kappa shape index (κ1) is 13.4. The lowest BCUT2D eigenvalue weighted by molar-refractivity contribution is -0.133.